The molecule has 1 aliphatic rings. The summed E-state index contributed by atoms with van der Waals surface area (Å²) in [6, 6.07) is 7.61. The smallest absolute Gasteiger partial charge is 0.224 e. The van der Waals surface area contributed by atoms with E-state index in [0.29, 0.717) is 12.2 Å². The lowest BCUT2D eigenvalue weighted by molar-refractivity contribution is -0.132. The van der Waals surface area contributed by atoms with E-state index in [1.54, 1.807) is 42.5 Å². The molecule has 5 nitrogen and oxygen atoms in total. The number of amides is 1. The van der Waals surface area contributed by atoms with E-state index in [1.165, 1.54) is 12.1 Å². The molecular weight excluding hydrogens is 339 g/mol. The van der Waals surface area contributed by atoms with Crippen molar-refractivity contribution in [3.63, 3.8) is 0 Å². The van der Waals surface area contributed by atoms with Gasteiger partial charge in [0.15, 0.2) is 5.82 Å². The summed E-state index contributed by atoms with van der Waals surface area (Å²) in [4.78, 5) is 23.1. The molecule has 1 N–H and O–H groups in total. The second-order valence-corrected chi connectivity index (χ2v) is 7.15. The SMILES string of the molecule is CN(C(=O)C[C@@H]1CSCCN1)[C@H](c1ccc(F)cc1)c1ncccn1. The van der Waals surface area contributed by atoms with Crippen molar-refractivity contribution < 1.29 is 9.18 Å². The monoisotopic (exact) mass is 360 g/mol. The van der Waals surface area contributed by atoms with Crippen LogP contribution in [0, 0.1) is 5.82 Å². The number of hydrogen-bond acceptors (Lipinski definition) is 5. The van der Waals surface area contributed by atoms with Crippen molar-refractivity contribution in [2.24, 2.45) is 0 Å². The third-order valence-corrected chi connectivity index (χ3v) is 5.35. The van der Waals surface area contributed by atoms with Gasteiger partial charge in [-0.05, 0) is 23.8 Å². The molecule has 2 atom stereocenters. The minimum absolute atomic E-state index is 0.0155. The van der Waals surface area contributed by atoms with Crippen molar-refractivity contribution in [2.45, 2.75) is 18.5 Å². The molecule has 2 heterocycles. The standard InChI is InChI=1S/C18H21FN4OS/c1-23(16(24)11-15-12-25-10-9-20-15)17(18-21-7-2-8-22-18)13-3-5-14(19)6-4-13/h2-8,15,17,20H,9-12H2,1H3/t15-,17-/m1/s1. The van der Waals surface area contributed by atoms with E-state index in [-0.39, 0.29) is 17.8 Å². The van der Waals surface area contributed by atoms with Crippen molar-refractivity contribution in [1.29, 1.82) is 0 Å². The first-order chi connectivity index (χ1) is 12.1. The van der Waals surface area contributed by atoms with Gasteiger partial charge >= 0.3 is 0 Å². The number of nitrogens with zero attached hydrogens (tertiary/aromatic N) is 3. The number of carbonyl (C=O) groups is 1. The molecule has 0 radical (unpaired) electrons. The molecule has 3 rings (SSSR count). The Balaban J connectivity index is 1.82. The molecule has 0 spiro atoms. The molecule has 1 fully saturated rings. The molecule has 0 aliphatic carbocycles. The Bertz CT molecular complexity index is 692. The van der Waals surface area contributed by atoms with E-state index in [2.05, 4.69) is 15.3 Å². The summed E-state index contributed by atoms with van der Waals surface area (Å²) >= 11 is 1.86. The van der Waals surface area contributed by atoms with E-state index in [0.717, 1.165) is 23.6 Å². The molecule has 0 saturated carbocycles. The van der Waals surface area contributed by atoms with Gasteiger partial charge in [0.2, 0.25) is 5.91 Å². The third-order valence-electron chi connectivity index (χ3n) is 4.22. The summed E-state index contributed by atoms with van der Waals surface area (Å²) in [5.74, 6) is 2.24. The predicted molar refractivity (Wildman–Crippen MR) is 96.8 cm³/mol. The Morgan fingerprint density at radius 2 is 2.08 bits per heavy atom. The van der Waals surface area contributed by atoms with E-state index in [9.17, 15) is 9.18 Å². The van der Waals surface area contributed by atoms with Crippen molar-refractivity contribution >= 4 is 17.7 Å². The van der Waals surface area contributed by atoms with Crippen molar-refractivity contribution in [2.75, 3.05) is 25.1 Å². The predicted octanol–water partition coefficient (Wildman–Crippen LogP) is 2.26. The van der Waals surface area contributed by atoms with Crippen LogP contribution >= 0.6 is 11.8 Å². The minimum atomic E-state index is -0.439. The summed E-state index contributed by atoms with van der Waals surface area (Å²) < 4.78 is 13.3. The molecular formula is C18H21FN4OS. The maximum Gasteiger partial charge on any atom is 0.224 e. The lowest BCUT2D eigenvalue weighted by Crippen LogP contribution is -2.42. The Kier molecular flexibility index (Phi) is 5.99. The summed E-state index contributed by atoms with van der Waals surface area (Å²) in [7, 11) is 1.75. The topological polar surface area (TPSA) is 58.1 Å². The van der Waals surface area contributed by atoms with Gasteiger partial charge in [-0.3, -0.25) is 4.79 Å². The summed E-state index contributed by atoms with van der Waals surface area (Å²) in [5.41, 5.74) is 0.787. The van der Waals surface area contributed by atoms with Crippen LogP contribution in [0.4, 0.5) is 4.39 Å². The van der Waals surface area contributed by atoms with Gasteiger partial charge in [0, 0.05) is 50.0 Å². The molecule has 7 heteroatoms. The van der Waals surface area contributed by atoms with Crippen molar-refractivity contribution in [3.8, 4) is 0 Å². The molecule has 1 aliphatic heterocycles. The quantitative estimate of drug-likeness (QED) is 0.886. The highest BCUT2D eigenvalue weighted by Crippen LogP contribution is 2.26. The zero-order chi connectivity index (χ0) is 17.6. The van der Waals surface area contributed by atoms with Crippen LogP contribution in [0.3, 0.4) is 0 Å². The van der Waals surface area contributed by atoms with Crippen molar-refractivity contribution in [3.05, 3.63) is 59.9 Å². The number of hydrogen-bond donors (Lipinski definition) is 1. The minimum Gasteiger partial charge on any atom is -0.331 e. The normalized spacial score (nSPS) is 18.6. The molecule has 2 aromatic rings. The van der Waals surface area contributed by atoms with Gasteiger partial charge in [-0.25, -0.2) is 14.4 Å². The number of carbonyl (C=O) groups excluding carboxylic acids is 1. The Morgan fingerprint density at radius 1 is 1.36 bits per heavy atom. The molecule has 132 valence electrons. The number of rotatable bonds is 5. The van der Waals surface area contributed by atoms with Crippen LogP contribution in [0.15, 0.2) is 42.7 Å². The fourth-order valence-corrected chi connectivity index (χ4v) is 3.84. The summed E-state index contributed by atoms with van der Waals surface area (Å²) in [5, 5.41) is 3.38. The van der Waals surface area contributed by atoms with E-state index in [4.69, 9.17) is 0 Å². The van der Waals surface area contributed by atoms with Crippen LogP contribution in [-0.4, -0.2) is 51.9 Å². The van der Waals surface area contributed by atoms with Gasteiger partial charge in [0.25, 0.3) is 0 Å². The van der Waals surface area contributed by atoms with Gasteiger partial charge in [-0.2, -0.15) is 11.8 Å². The third kappa shape index (κ3) is 4.55. The first-order valence-electron chi connectivity index (χ1n) is 8.24. The highest BCUT2D eigenvalue weighted by molar-refractivity contribution is 7.99. The molecule has 1 amide bonds. The lowest BCUT2D eigenvalue weighted by atomic mass is 10.0. The number of benzene rings is 1. The summed E-state index contributed by atoms with van der Waals surface area (Å²) in [6.45, 7) is 0.926. The highest BCUT2D eigenvalue weighted by atomic mass is 32.2. The van der Waals surface area contributed by atoms with Crippen LogP contribution in [0.2, 0.25) is 0 Å². The van der Waals surface area contributed by atoms with Gasteiger partial charge in [0.05, 0.1) is 0 Å². The molecule has 1 aromatic carbocycles. The maximum atomic E-state index is 13.3. The number of aromatic nitrogens is 2. The maximum absolute atomic E-state index is 13.3. The first-order valence-corrected chi connectivity index (χ1v) is 9.40. The number of nitrogens with one attached hydrogen (secondary N) is 1. The fourth-order valence-electron chi connectivity index (χ4n) is 2.89. The number of halogens is 1. The van der Waals surface area contributed by atoms with Gasteiger partial charge < -0.3 is 10.2 Å². The highest BCUT2D eigenvalue weighted by Gasteiger charge is 2.28. The molecule has 1 saturated heterocycles. The summed E-state index contributed by atoms with van der Waals surface area (Å²) in [6.07, 6.45) is 3.72. The molecule has 25 heavy (non-hydrogen) atoms. The molecule has 1 aromatic heterocycles. The van der Waals surface area contributed by atoms with Crippen molar-refractivity contribution in [1.82, 2.24) is 20.2 Å². The second kappa shape index (κ2) is 8.40. The first kappa shape index (κ1) is 17.8. The molecule has 0 bridgehead atoms. The lowest BCUT2D eigenvalue weighted by Gasteiger charge is -2.30. The van der Waals surface area contributed by atoms with E-state index < -0.39 is 6.04 Å². The van der Waals surface area contributed by atoms with E-state index >= 15 is 0 Å². The van der Waals surface area contributed by atoms with E-state index in [1.807, 2.05) is 11.8 Å². The largest absolute Gasteiger partial charge is 0.331 e. The zero-order valence-corrected chi connectivity index (χ0v) is 14.9. The molecule has 0 unspecified atom stereocenters. The average molecular weight is 360 g/mol. The Hall–Kier alpha value is -1.99. The average Bonchev–Trinajstić information content (AvgIpc) is 2.65. The number of thioether (sulfide) groups is 1. The van der Waals surface area contributed by atoms with Gasteiger partial charge in [-0.15, -0.1) is 0 Å². The van der Waals surface area contributed by atoms with Crippen LogP contribution in [-0.2, 0) is 4.79 Å². The van der Waals surface area contributed by atoms with Gasteiger partial charge in [0.1, 0.15) is 11.9 Å². The zero-order valence-electron chi connectivity index (χ0n) is 14.1. The van der Waals surface area contributed by atoms with Crippen LogP contribution in [0.5, 0.6) is 0 Å². The van der Waals surface area contributed by atoms with Crippen LogP contribution in [0.25, 0.3) is 0 Å². The Labute approximate surface area is 151 Å². The fraction of sp³-hybridized carbons (Fsp3) is 0.389. The van der Waals surface area contributed by atoms with Crippen LogP contribution < -0.4 is 5.32 Å². The Morgan fingerprint density at radius 3 is 2.72 bits per heavy atom. The second-order valence-electron chi connectivity index (χ2n) is 6.00. The van der Waals surface area contributed by atoms with Gasteiger partial charge in [-0.1, -0.05) is 12.1 Å². The van der Waals surface area contributed by atoms with Crippen LogP contribution in [0.1, 0.15) is 23.9 Å².